The number of aryl methyl sites for hydroxylation is 1. The van der Waals surface area contributed by atoms with Crippen LogP contribution in [0.5, 0.6) is 0 Å². The van der Waals surface area contributed by atoms with E-state index in [0.29, 0.717) is 25.8 Å². The number of benzene rings is 1. The van der Waals surface area contributed by atoms with Gasteiger partial charge in [-0.1, -0.05) is 26.8 Å². The van der Waals surface area contributed by atoms with Crippen LogP contribution in [0.2, 0.25) is 0 Å². The highest BCUT2D eigenvalue weighted by Gasteiger charge is 2.25. The Morgan fingerprint density at radius 3 is 2.56 bits per heavy atom. The Kier molecular flexibility index (Phi) is 6.57. The third-order valence-electron chi connectivity index (χ3n) is 5.10. The van der Waals surface area contributed by atoms with E-state index in [-0.39, 0.29) is 5.78 Å². The van der Waals surface area contributed by atoms with Crippen molar-refractivity contribution >= 4 is 50.7 Å². The first kappa shape index (κ1) is 24.1. The summed E-state index contributed by atoms with van der Waals surface area (Å²) in [6, 6.07) is 6.89. The maximum atomic E-state index is 14.1. The van der Waals surface area contributed by atoms with Gasteiger partial charge in [-0.05, 0) is 36.8 Å². The first-order valence-corrected chi connectivity index (χ1v) is 12.0. The summed E-state index contributed by atoms with van der Waals surface area (Å²) in [5.41, 5.74) is 2.92. The van der Waals surface area contributed by atoms with E-state index in [1.165, 1.54) is 23.7 Å². The van der Waals surface area contributed by atoms with Gasteiger partial charge in [-0.15, -0.1) is 22.7 Å². The van der Waals surface area contributed by atoms with Gasteiger partial charge in [0.1, 0.15) is 28.9 Å². The molecule has 0 radical (unpaired) electrons. The number of aromatic nitrogens is 2. The van der Waals surface area contributed by atoms with E-state index in [0.717, 1.165) is 33.9 Å². The zero-order chi connectivity index (χ0) is 24.6. The second kappa shape index (κ2) is 9.28. The zero-order valence-electron chi connectivity index (χ0n) is 18.9. The molecule has 0 aliphatic rings. The maximum absolute atomic E-state index is 14.1. The number of hydrazone groups is 1. The highest BCUT2D eigenvalue weighted by Crippen LogP contribution is 2.36. The first-order chi connectivity index (χ1) is 16.1. The minimum Gasteiger partial charge on any atom is -0.383 e. The average molecular weight is 501 g/mol. The van der Waals surface area contributed by atoms with E-state index >= 15 is 0 Å². The summed E-state index contributed by atoms with van der Waals surface area (Å²) in [6.45, 7) is 7.56. The summed E-state index contributed by atoms with van der Waals surface area (Å²) < 4.78 is 28.2. The van der Waals surface area contributed by atoms with Gasteiger partial charge in [0.15, 0.2) is 11.6 Å². The molecular weight excluding hydrogens is 478 g/mol. The van der Waals surface area contributed by atoms with Crippen LogP contribution in [0.25, 0.3) is 10.2 Å². The van der Waals surface area contributed by atoms with Crippen LogP contribution in [-0.4, -0.2) is 27.1 Å². The number of ketones is 1. The van der Waals surface area contributed by atoms with Gasteiger partial charge in [0.05, 0.1) is 26.9 Å². The number of nitrogens with one attached hydrogen (secondary N) is 1. The number of anilines is 1. The molecule has 2 N–H and O–H groups in total. The Morgan fingerprint density at radius 1 is 1.18 bits per heavy atom. The lowest BCUT2D eigenvalue weighted by molar-refractivity contribution is 0.0862. The lowest BCUT2D eigenvalue weighted by Gasteiger charge is -2.14. The number of carbonyl (C=O) groups excluding carboxylic acids is 1. The van der Waals surface area contributed by atoms with Gasteiger partial charge in [0, 0.05) is 10.3 Å². The molecule has 1 aromatic carbocycles. The standard InChI is InChI=1S/C24H22F2N4O2S2/c1-12-8-17(21(32)24(2,3)4)33-18(12)10-29-30-22-13-9-16(34-23(13)28-11-27-22)20(31)19-14(25)6-5-7-15(19)26/h5-11,20,31H,1-4H3,(H,27,28,30)/b29-10-. The highest BCUT2D eigenvalue weighted by atomic mass is 32.1. The fourth-order valence-corrected chi connectivity index (χ4v) is 5.46. The normalized spacial score (nSPS) is 13.0. The van der Waals surface area contributed by atoms with Crippen LogP contribution >= 0.6 is 22.7 Å². The average Bonchev–Trinajstić information content (AvgIpc) is 3.36. The summed E-state index contributed by atoms with van der Waals surface area (Å²) in [4.78, 5) is 23.3. The fourth-order valence-electron chi connectivity index (χ4n) is 3.27. The topological polar surface area (TPSA) is 87.5 Å². The minimum atomic E-state index is -1.48. The van der Waals surface area contributed by atoms with Crippen molar-refractivity contribution in [2.75, 3.05) is 5.43 Å². The van der Waals surface area contributed by atoms with Crippen LogP contribution in [-0.2, 0) is 0 Å². The summed E-state index contributed by atoms with van der Waals surface area (Å²) in [6.07, 6.45) is 1.47. The monoisotopic (exact) mass is 500 g/mol. The second-order valence-corrected chi connectivity index (χ2v) is 10.9. The molecule has 4 rings (SSSR count). The van der Waals surface area contributed by atoms with Crippen molar-refractivity contribution in [2.45, 2.75) is 33.8 Å². The summed E-state index contributed by atoms with van der Waals surface area (Å²) >= 11 is 2.48. The number of carbonyl (C=O) groups is 1. The second-order valence-electron chi connectivity index (χ2n) is 8.73. The smallest absolute Gasteiger partial charge is 0.178 e. The molecule has 0 saturated carbocycles. The van der Waals surface area contributed by atoms with E-state index in [2.05, 4.69) is 20.5 Å². The molecule has 10 heteroatoms. The maximum Gasteiger partial charge on any atom is 0.178 e. The number of Topliss-reactive ketones (excluding diaryl/α,β-unsaturated/α-hetero) is 1. The van der Waals surface area contributed by atoms with Crippen molar-refractivity contribution in [3.8, 4) is 0 Å². The summed E-state index contributed by atoms with van der Waals surface area (Å²) in [7, 11) is 0. The molecule has 3 aromatic heterocycles. The molecule has 176 valence electrons. The largest absolute Gasteiger partial charge is 0.383 e. The van der Waals surface area contributed by atoms with Gasteiger partial charge in [-0.25, -0.2) is 18.7 Å². The highest BCUT2D eigenvalue weighted by molar-refractivity contribution is 7.18. The molecule has 3 heterocycles. The molecule has 0 aliphatic heterocycles. The number of nitrogens with zero attached hydrogens (tertiary/aromatic N) is 3. The minimum absolute atomic E-state index is 0.0707. The lowest BCUT2D eigenvalue weighted by Crippen LogP contribution is -2.18. The van der Waals surface area contributed by atoms with Crippen molar-refractivity contribution in [1.82, 2.24) is 9.97 Å². The van der Waals surface area contributed by atoms with Crippen molar-refractivity contribution < 1.29 is 18.7 Å². The van der Waals surface area contributed by atoms with Crippen LogP contribution in [0.4, 0.5) is 14.6 Å². The molecule has 0 saturated heterocycles. The van der Waals surface area contributed by atoms with Gasteiger partial charge in [0.2, 0.25) is 0 Å². The van der Waals surface area contributed by atoms with Crippen LogP contribution in [0.3, 0.4) is 0 Å². The molecular formula is C24H22F2N4O2S2. The molecule has 0 fully saturated rings. The number of halogens is 2. The van der Waals surface area contributed by atoms with Crippen LogP contribution in [0, 0.1) is 24.0 Å². The van der Waals surface area contributed by atoms with Crippen LogP contribution in [0.15, 0.2) is 41.8 Å². The van der Waals surface area contributed by atoms with Crippen LogP contribution < -0.4 is 5.43 Å². The van der Waals surface area contributed by atoms with E-state index in [1.807, 2.05) is 33.8 Å². The summed E-state index contributed by atoms with van der Waals surface area (Å²) in [5, 5.41) is 15.4. The molecule has 1 atom stereocenters. The lowest BCUT2D eigenvalue weighted by atomic mass is 9.90. The van der Waals surface area contributed by atoms with Gasteiger partial charge >= 0.3 is 0 Å². The number of rotatable bonds is 6. The van der Waals surface area contributed by atoms with Crippen molar-refractivity contribution in [1.29, 1.82) is 0 Å². The Bertz CT molecular complexity index is 1390. The first-order valence-electron chi connectivity index (χ1n) is 10.4. The Hall–Kier alpha value is -3.08. The Labute approximate surface area is 203 Å². The number of fused-ring (bicyclic) bond motifs is 1. The molecule has 0 aliphatic carbocycles. The third kappa shape index (κ3) is 4.75. The van der Waals surface area contributed by atoms with Crippen molar-refractivity contribution in [2.24, 2.45) is 10.5 Å². The molecule has 0 amide bonds. The molecule has 1 unspecified atom stereocenters. The Morgan fingerprint density at radius 2 is 1.88 bits per heavy atom. The molecule has 6 nitrogen and oxygen atoms in total. The molecule has 4 aromatic rings. The number of aliphatic hydroxyl groups excluding tert-OH is 1. The third-order valence-corrected chi connectivity index (χ3v) is 7.37. The van der Waals surface area contributed by atoms with E-state index in [9.17, 15) is 18.7 Å². The predicted octanol–water partition coefficient (Wildman–Crippen LogP) is 6.10. The SMILES string of the molecule is Cc1cc(C(=O)C(C)(C)C)sc1/C=N\Nc1ncnc2sc(C(O)c3c(F)cccc3F)cc12. The quantitative estimate of drug-likeness (QED) is 0.190. The predicted molar refractivity (Wildman–Crippen MR) is 132 cm³/mol. The van der Waals surface area contributed by atoms with Gasteiger partial charge in [0.25, 0.3) is 0 Å². The van der Waals surface area contributed by atoms with Crippen molar-refractivity contribution in [3.05, 3.63) is 74.1 Å². The molecule has 0 spiro atoms. The number of thiophene rings is 2. The number of hydrogen-bond donors (Lipinski definition) is 2. The van der Waals surface area contributed by atoms with Crippen LogP contribution in [0.1, 0.15) is 57.4 Å². The van der Waals surface area contributed by atoms with E-state index < -0.39 is 28.7 Å². The van der Waals surface area contributed by atoms with Crippen molar-refractivity contribution in [3.63, 3.8) is 0 Å². The molecule has 0 bridgehead atoms. The van der Waals surface area contributed by atoms with Gasteiger partial charge in [-0.2, -0.15) is 5.10 Å². The summed E-state index contributed by atoms with van der Waals surface area (Å²) in [5.74, 6) is -1.20. The van der Waals surface area contributed by atoms with Gasteiger partial charge in [-0.3, -0.25) is 10.2 Å². The Balaban J connectivity index is 1.58. The zero-order valence-corrected chi connectivity index (χ0v) is 20.5. The number of aliphatic hydroxyl groups is 1. The number of hydrogen-bond acceptors (Lipinski definition) is 8. The molecule has 34 heavy (non-hydrogen) atoms. The van der Waals surface area contributed by atoms with Gasteiger partial charge < -0.3 is 5.11 Å². The van der Waals surface area contributed by atoms with E-state index in [1.54, 1.807) is 12.3 Å². The fraction of sp³-hybridized carbons (Fsp3) is 0.250. The van der Waals surface area contributed by atoms with E-state index in [4.69, 9.17) is 0 Å².